The quantitative estimate of drug-likeness (QED) is 0.405. The fourth-order valence-corrected chi connectivity index (χ4v) is 5.08. The molecule has 0 aliphatic carbocycles. The first-order valence-corrected chi connectivity index (χ1v) is 10.5. The summed E-state index contributed by atoms with van der Waals surface area (Å²) in [5.74, 6) is -0.267. The minimum atomic E-state index is -1.52. The Labute approximate surface area is 172 Å². The summed E-state index contributed by atoms with van der Waals surface area (Å²) < 4.78 is 11.7. The lowest BCUT2D eigenvalue weighted by Crippen LogP contribution is -2.60. The van der Waals surface area contributed by atoms with Crippen molar-refractivity contribution in [2.24, 2.45) is 4.99 Å². The summed E-state index contributed by atoms with van der Waals surface area (Å²) in [6, 6.07) is 4.21. The number of hydrogen-bond donors (Lipinski definition) is 5. The highest BCUT2D eigenvalue weighted by atomic mass is 32.2. The van der Waals surface area contributed by atoms with Crippen LogP contribution in [0.15, 0.2) is 23.2 Å². The van der Waals surface area contributed by atoms with E-state index in [0.717, 1.165) is 4.70 Å². The maximum Gasteiger partial charge on any atom is 0.329 e. The maximum atomic E-state index is 11.1. The summed E-state index contributed by atoms with van der Waals surface area (Å²) in [6.07, 6.45) is -6.82. The molecule has 0 amide bonds. The van der Waals surface area contributed by atoms with E-state index in [-0.39, 0.29) is 0 Å². The average molecular weight is 442 g/mol. The van der Waals surface area contributed by atoms with Crippen LogP contribution < -0.4 is 4.74 Å². The lowest BCUT2D eigenvalue weighted by atomic mass is 9.99. The van der Waals surface area contributed by atoms with Crippen LogP contribution in [-0.4, -0.2) is 90.6 Å². The topological polar surface area (TPSA) is 162 Å². The molecule has 29 heavy (non-hydrogen) atoms. The first-order valence-electron chi connectivity index (χ1n) is 8.69. The van der Waals surface area contributed by atoms with Crippen LogP contribution in [0.25, 0.3) is 10.2 Å². The van der Waals surface area contributed by atoms with Crippen molar-refractivity contribution in [2.75, 3.05) is 12.4 Å². The predicted molar refractivity (Wildman–Crippen MR) is 104 cm³/mol. The molecule has 6 atom stereocenters. The second-order valence-corrected chi connectivity index (χ2v) is 8.60. The number of fused-ring (bicyclic) bond motifs is 1. The van der Waals surface area contributed by atoms with Gasteiger partial charge < -0.3 is 35.0 Å². The molecule has 10 nitrogen and oxygen atoms in total. The van der Waals surface area contributed by atoms with Gasteiger partial charge in [0.2, 0.25) is 6.29 Å². The van der Waals surface area contributed by atoms with Crippen molar-refractivity contribution < 1.29 is 39.8 Å². The fraction of sp³-hybridized carbons (Fsp3) is 0.471. The third-order valence-electron chi connectivity index (χ3n) is 4.58. The molecule has 5 N–H and O–H groups in total. The number of thiazole rings is 1. The predicted octanol–water partition coefficient (Wildman–Crippen LogP) is -0.578. The Kier molecular flexibility index (Phi) is 5.75. The summed E-state index contributed by atoms with van der Waals surface area (Å²) in [4.78, 5) is 19.7. The third kappa shape index (κ3) is 3.97. The van der Waals surface area contributed by atoms with Crippen LogP contribution in [-0.2, 0) is 9.53 Å². The molecule has 0 bridgehead atoms. The maximum absolute atomic E-state index is 11.1. The SMILES string of the molecule is O=C(O)[C@H]1CSC(c2nc3ccc(O[C@@H]4O[C@H](CO)[C@@H](O)[C@H](O)[C@@H]4O)cc3s2)=N1. The largest absolute Gasteiger partial charge is 0.480 e. The van der Waals surface area contributed by atoms with Crippen LogP contribution >= 0.6 is 23.1 Å². The van der Waals surface area contributed by atoms with Gasteiger partial charge in [0, 0.05) is 5.75 Å². The van der Waals surface area contributed by atoms with Crippen molar-refractivity contribution in [2.45, 2.75) is 36.7 Å². The normalized spacial score (nSPS) is 32.3. The molecule has 2 aliphatic heterocycles. The van der Waals surface area contributed by atoms with Gasteiger partial charge in [0.1, 0.15) is 40.2 Å². The molecule has 0 spiro atoms. The van der Waals surface area contributed by atoms with Gasteiger partial charge in [0.25, 0.3) is 0 Å². The van der Waals surface area contributed by atoms with Gasteiger partial charge >= 0.3 is 5.97 Å². The van der Waals surface area contributed by atoms with Crippen LogP contribution in [0.4, 0.5) is 0 Å². The van der Waals surface area contributed by atoms with E-state index in [1.165, 1.54) is 23.1 Å². The summed E-state index contributed by atoms with van der Waals surface area (Å²) >= 11 is 2.66. The second-order valence-electron chi connectivity index (χ2n) is 6.56. The number of ether oxygens (including phenoxy) is 2. The number of thioether (sulfide) groups is 1. The standard InChI is InChI=1S/C17H18N2O8S2/c20-4-9-11(21)12(22)13(23)17(27-9)26-6-1-2-7-10(3-6)29-15(18-7)14-19-8(5-28-14)16(24)25/h1-3,8-9,11-13,17,20-23H,4-5H2,(H,24,25)/t8-,9-,11-,12+,13+,17-/m1/s1. The smallest absolute Gasteiger partial charge is 0.329 e. The van der Waals surface area contributed by atoms with E-state index in [4.69, 9.17) is 14.6 Å². The number of aromatic nitrogens is 1. The van der Waals surface area contributed by atoms with Gasteiger partial charge in [-0.25, -0.2) is 9.78 Å². The van der Waals surface area contributed by atoms with Crippen LogP contribution in [0.2, 0.25) is 0 Å². The lowest BCUT2D eigenvalue weighted by molar-refractivity contribution is -0.277. The number of hydrogen-bond acceptors (Lipinski definition) is 11. The van der Waals surface area contributed by atoms with Crippen LogP contribution in [0.1, 0.15) is 5.01 Å². The van der Waals surface area contributed by atoms with Gasteiger partial charge in [-0.2, -0.15) is 0 Å². The van der Waals surface area contributed by atoms with E-state index in [9.17, 15) is 25.2 Å². The third-order valence-corrected chi connectivity index (χ3v) is 6.79. The molecular formula is C17H18N2O8S2. The lowest BCUT2D eigenvalue weighted by Gasteiger charge is -2.39. The first-order chi connectivity index (χ1) is 13.9. The summed E-state index contributed by atoms with van der Waals surface area (Å²) in [6.45, 7) is -0.542. The molecule has 0 radical (unpaired) electrons. The molecule has 1 aromatic carbocycles. The van der Waals surface area contributed by atoms with Crippen molar-refractivity contribution in [3.05, 3.63) is 23.2 Å². The average Bonchev–Trinajstić information content (AvgIpc) is 3.35. The van der Waals surface area contributed by atoms with Gasteiger partial charge in [-0.15, -0.1) is 23.1 Å². The highest BCUT2D eigenvalue weighted by molar-refractivity contribution is 8.15. The number of aliphatic carboxylic acids is 1. The molecule has 12 heteroatoms. The molecule has 1 aromatic heterocycles. The molecule has 4 rings (SSSR count). The number of benzene rings is 1. The zero-order chi connectivity index (χ0) is 20.7. The van der Waals surface area contributed by atoms with Crippen molar-refractivity contribution >= 4 is 44.3 Å². The molecule has 2 aliphatic rings. The van der Waals surface area contributed by atoms with Crippen molar-refractivity contribution in [3.8, 4) is 5.75 Å². The molecule has 2 aromatic rings. The van der Waals surface area contributed by atoms with E-state index in [2.05, 4.69) is 9.98 Å². The van der Waals surface area contributed by atoms with Crippen LogP contribution in [0.3, 0.4) is 0 Å². The Bertz CT molecular complexity index is 949. The molecule has 0 saturated carbocycles. The van der Waals surface area contributed by atoms with E-state index < -0.39 is 49.3 Å². The van der Waals surface area contributed by atoms with Crippen molar-refractivity contribution in [1.82, 2.24) is 4.98 Å². The molecule has 3 heterocycles. The molecule has 156 valence electrons. The van der Waals surface area contributed by atoms with Gasteiger partial charge in [0.15, 0.2) is 6.04 Å². The van der Waals surface area contributed by atoms with E-state index in [1.54, 1.807) is 18.2 Å². The van der Waals surface area contributed by atoms with Crippen molar-refractivity contribution in [3.63, 3.8) is 0 Å². The van der Waals surface area contributed by atoms with Crippen LogP contribution in [0, 0.1) is 0 Å². The molecule has 0 unspecified atom stereocenters. The molecular weight excluding hydrogens is 424 g/mol. The highest BCUT2D eigenvalue weighted by Gasteiger charge is 2.44. The van der Waals surface area contributed by atoms with Crippen LogP contribution in [0.5, 0.6) is 5.75 Å². The fourth-order valence-electron chi connectivity index (χ4n) is 2.99. The number of aliphatic hydroxyl groups is 4. The Morgan fingerprint density at radius 2 is 2.03 bits per heavy atom. The van der Waals surface area contributed by atoms with E-state index in [0.29, 0.717) is 27.1 Å². The Hall–Kier alpha value is -1.80. The van der Waals surface area contributed by atoms with Gasteiger partial charge in [-0.1, -0.05) is 0 Å². The Morgan fingerprint density at radius 1 is 1.24 bits per heavy atom. The monoisotopic (exact) mass is 442 g/mol. The molecule has 1 fully saturated rings. The van der Waals surface area contributed by atoms with E-state index in [1.807, 2.05) is 0 Å². The van der Waals surface area contributed by atoms with Gasteiger partial charge in [-0.05, 0) is 18.2 Å². The number of aliphatic hydroxyl groups excluding tert-OH is 4. The number of carboxylic acids is 1. The number of nitrogens with zero attached hydrogens (tertiary/aromatic N) is 2. The number of aliphatic imine (C=N–C) groups is 1. The zero-order valence-corrected chi connectivity index (χ0v) is 16.4. The Morgan fingerprint density at radius 3 is 2.72 bits per heavy atom. The summed E-state index contributed by atoms with van der Waals surface area (Å²) in [5, 5.41) is 49.3. The highest BCUT2D eigenvalue weighted by Crippen LogP contribution is 2.32. The van der Waals surface area contributed by atoms with E-state index >= 15 is 0 Å². The zero-order valence-electron chi connectivity index (χ0n) is 14.8. The minimum Gasteiger partial charge on any atom is -0.480 e. The second kappa shape index (κ2) is 8.14. The molecule has 1 saturated heterocycles. The Balaban J connectivity index is 1.54. The number of carbonyl (C=O) groups is 1. The number of rotatable bonds is 5. The van der Waals surface area contributed by atoms with Crippen molar-refractivity contribution in [1.29, 1.82) is 0 Å². The minimum absolute atomic E-state index is 0.335. The van der Waals surface area contributed by atoms with Gasteiger partial charge in [0.05, 0.1) is 16.8 Å². The number of carboxylic acid groups (broad SMARTS) is 1. The van der Waals surface area contributed by atoms with Gasteiger partial charge in [-0.3, -0.25) is 4.99 Å². The summed E-state index contributed by atoms with van der Waals surface area (Å²) in [5.41, 5.74) is 0.674. The summed E-state index contributed by atoms with van der Waals surface area (Å²) in [7, 11) is 0. The first kappa shape index (κ1) is 20.5.